The summed E-state index contributed by atoms with van der Waals surface area (Å²) in [6.07, 6.45) is 0. The van der Waals surface area contributed by atoms with Crippen molar-refractivity contribution in [2.75, 3.05) is 0 Å². The molecule has 4 N–H and O–H groups in total. The molecule has 0 spiro atoms. The van der Waals surface area contributed by atoms with Gasteiger partial charge in [-0.25, -0.2) is 0 Å². The molecule has 0 aliphatic carbocycles. The van der Waals surface area contributed by atoms with Crippen molar-refractivity contribution in [2.24, 2.45) is 11.5 Å². The van der Waals surface area contributed by atoms with E-state index in [2.05, 4.69) is 11.5 Å². The standard InChI is InChI=1S/2CH2NO.Zn/c2*2-1-3;/h2*(H2,2,3);. The number of rotatable bonds is 2. The Morgan fingerprint density at radius 1 is 1.14 bits per heavy atom. The summed E-state index contributed by atoms with van der Waals surface area (Å²) in [5, 5.41) is 0. The van der Waals surface area contributed by atoms with Crippen LogP contribution in [0.1, 0.15) is 0 Å². The molecule has 0 fully saturated rings. The van der Waals surface area contributed by atoms with E-state index in [9.17, 15) is 9.59 Å². The first-order chi connectivity index (χ1) is 3.13. The van der Waals surface area contributed by atoms with Crippen LogP contribution in [0, 0.1) is 0 Å². The number of nitrogens with two attached hydrogens (primary N) is 2. The molecule has 0 aliphatic rings. The molecule has 0 radical (unpaired) electrons. The Morgan fingerprint density at radius 2 is 1.43 bits per heavy atom. The summed E-state index contributed by atoms with van der Waals surface area (Å²) < 4.78 is -1.000. The van der Waals surface area contributed by atoms with Crippen molar-refractivity contribution in [3.05, 3.63) is 0 Å². The minimum atomic E-state index is -1.82. The van der Waals surface area contributed by atoms with E-state index < -0.39 is 26.1 Å². The second-order valence-electron chi connectivity index (χ2n) is 1.11. The van der Waals surface area contributed by atoms with Gasteiger partial charge in [-0.3, -0.25) is 0 Å². The molecule has 0 aromatic carbocycles. The Hall–Kier alpha value is -0.437. The van der Waals surface area contributed by atoms with Gasteiger partial charge in [-0.05, 0) is 0 Å². The first-order valence-corrected chi connectivity index (χ1v) is 4.66. The van der Waals surface area contributed by atoms with Gasteiger partial charge in [0.25, 0.3) is 0 Å². The Kier molecular flexibility index (Phi) is 2.52. The topological polar surface area (TPSA) is 86.2 Å². The van der Waals surface area contributed by atoms with Crippen molar-refractivity contribution >= 4 is 9.00 Å². The monoisotopic (exact) mass is 152 g/mol. The van der Waals surface area contributed by atoms with E-state index in [0.717, 1.165) is 0 Å². The normalized spacial score (nSPS) is 6.86. The van der Waals surface area contributed by atoms with E-state index in [1.807, 2.05) is 0 Å². The van der Waals surface area contributed by atoms with E-state index in [-0.39, 0.29) is 0 Å². The van der Waals surface area contributed by atoms with Crippen LogP contribution in [0.5, 0.6) is 0 Å². The maximum absolute atomic E-state index is 9.81. The summed E-state index contributed by atoms with van der Waals surface area (Å²) >= 11 is -1.82. The molecule has 7 heavy (non-hydrogen) atoms. The number of primary amides is 2. The number of hydrogen-bond donors (Lipinski definition) is 2. The van der Waals surface area contributed by atoms with Crippen molar-refractivity contribution in [3.8, 4) is 0 Å². The Balaban J connectivity index is 3.32. The summed E-state index contributed by atoms with van der Waals surface area (Å²) in [5.41, 5.74) is 9.27. The number of amides is 2. The van der Waals surface area contributed by atoms with E-state index in [0.29, 0.717) is 0 Å². The summed E-state index contributed by atoms with van der Waals surface area (Å²) in [6, 6.07) is 0. The third-order valence-corrected chi connectivity index (χ3v) is 1.81. The van der Waals surface area contributed by atoms with Gasteiger partial charge in [-0.1, -0.05) is 0 Å². The average molecular weight is 153 g/mol. The van der Waals surface area contributed by atoms with Gasteiger partial charge < -0.3 is 0 Å². The van der Waals surface area contributed by atoms with Gasteiger partial charge in [0.05, 0.1) is 0 Å². The zero-order valence-corrected chi connectivity index (χ0v) is 6.65. The Labute approximate surface area is 47.8 Å². The number of hydrogen-bond acceptors (Lipinski definition) is 2. The van der Waals surface area contributed by atoms with Gasteiger partial charge in [0.2, 0.25) is 0 Å². The first kappa shape index (κ1) is 6.56. The minimum absolute atomic E-state index is 0.500. The molecule has 5 heteroatoms. The molecule has 36 valence electrons. The van der Waals surface area contributed by atoms with Gasteiger partial charge in [-0.15, -0.1) is 0 Å². The summed E-state index contributed by atoms with van der Waals surface area (Å²) in [6.45, 7) is 0. The third-order valence-electron chi connectivity index (χ3n) is 0.348. The predicted molar refractivity (Wildman–Crippen MR) is 19.2 cm³/mol. The molecule has 0 bridgehead atoms. The number of carbonyl (C=O) groups excluding carboxylic acids is 2. The molecule has 0 unspecified atom stereocenters. The molecule has 0 aromatic rings. The fourth-order valence-electron chi connectivity index (χ4n) is 0.172. The third kappa shape index (κ3) is 5.56. The van der Waals surface area contributed by atoms with Crippen LogP contribution in [0.2, 0.25) is 0 Å². The average Bonchev–Trinajstić information content (AvgIpc) is 1.27. The summed E-state index contributed by atoms with van der Waals surface area (Å²) in [7, 11) is 0. The quantitative estimate of drug-likeness (QED) is 0.510. The summed E-state index contributed by atoms with van der Waals surface area (Å²) in [4.78, 5) is 19.6. The van der Waals surface area contributed by atoms with Crippen LogP contribution in [-0.2, 0) is 17.1 Å². The summed E-state index contributed by atoms with van der Waals surface area (Å²) in [5.74, 6) is 0. The molecule has 0 rings (SSSR count). The molecule has 2 amide bonds. The van der Waals surface area contributed by atoms with E-state index in [1.165, 1.54) is 0 Å². The molecule has 4 nitrogen and oxygen atoms in total. The molecule has 0 saturated heterocycles. The van der Waals surface area contributed by atoms with Crippen LogP contribution in [0.15, 0.2) is 0 Å². The maximum atomic E-state index is 9.81. The Bertz CT molecular complexity index is 89.9. The van der Waals surface area contributed by atoms with Gasteiger partial charge in [0.1, 0.15) is 0 Å². The van der Waals surface area contributed by atoms with Gasteiger partial charge in [0, 0.05) is 0 Å². The number of carbonyl (C=O) groups is 2. The van der Waals surface area contributed by atoms with Crippen molar-refractivity contribution in [2.45, 2.75) is 0 Å². The zero-order valence-electron chi connectivity index (χ0n) is 3.68. The molecular weight excluding hydrogens is 149 g/mol. The molecule has 0 atom stereocenters. The van der Waals surface area contributed by atoms with Crippen molar-refractivity contribution in [1.82, 2.24) is 0 Å². The fraction of sp³-hybridized carbons (Fsp3) is 0. The van der Waals surface area contributed by atoms with Crippen LogP contribution in [0.4, 0.5) is 9.59 Å². The van der Waals surface area contributed by atoms with Gasteiger partial charge in [0.15, 0.2) is 0 Å². The van der Waals surface area contributed by atoms with Crippen LogP contribution >= 0.6 is 0 Å². The van der Waals surface area contributed by atoms with E-state index in [1.54, 1.807) is 0 Å². The Morgan fingerprint density at radius 3 is 1.43 bits per heavy atom. The second-order valence-corrected chi connectivity index (χ2v) is 4.78. The van der Waals surface area contributed by atoms with Crippen molar-refractivity contribution in [1.29, 1.82) is 0 Å². The van der Waals surface area contributed by atoms with Crippen LogP contribution in [0.3, 0.4) is 0 Å². The van der Waals surface area contributed by atoms with Crippen LogP contribution < -0.4 is 11.5 Å². The second kappa shape index (κ2) is 2.69. The van der Waals surface area contributed by atoms with Gasteiger partial charge in [-0.2, -0.15) is 0 Å². The van der Waals surface area contributed by atoms with Gasteiger partial charge >= 0.3 is 47.2 Å². The van der Waals surface area contributed by atoms with Crippen LogP contribution in [0.25, 0.3) is 0 Å². The van der Waals surface area contributed by atoms with E-state index in [4.69, 9.17) is 0 Å². The van der Waals surface area contributed by atoms with Crippen molar-refractivity contribution in [3.63, 3.8) is 0 Å². The molecular formula is C2H4N2O2Zn. The van der Waals surface area contributed by atoms with Crippen molar-refractivity contribution < 1.29 is 26.7 Å². The molecule has 0 aromatic heterocycles. The molecule has 0 heterocycles. The fourth-order valence-corrected chi connectivity index (χ4v) is 0.892. The van der Waals surface area contributed by atoms with Crippen LogP contribution in [-0.4, -0.2) is 9.00 Å². The SMILES string of the molecule is N[C](=O)[Zn][C](N)=O. The first-order valence-electron chi connectivity index (χ1n) is 1.69. The molecule has 0 saturated carbocycles. The van der Waals surface area contributed by atoms with E-state index >= 15 is 0 Å². The molecule has 0 aliphatic heterocycles. The predicted octanol–water partition coefficient (Wildman–Crippen LogP) is -0.774. The zero-order chi connectivity index (χ0) is 5.86.